The lowest BCUT2D eigenvalue weighted by Gasteiger charge is -2.12. The summed E-state index contributed by atoms with van der Waals surface area (Å²) in [6.07, 6.45) is 1.17. The van der Waals surface area contributed by atoms with Crippen LogP contribution in [0.3, 0.4) is 0 Å². The summed E-state index contributed by atoms with van der Waals surface area (Å²) < 4.78 is 18.6. The van der Waals surface area contributed by atoms with Crippen LogP contribution in [-0.2, 0) is 14.3 Å². The molecule has 7 heteroatoms. The number of nitrogens with one attached hydrogen (secondary N) is 1. The fraction of sp³-hybridized carbons (Fsp3) is 0.111. The van der Waals surface area contributed by atoms with E-state index in [1.54, 1.807) is 24.3 Å². The summed E-state index contributed by atoms with van der Waals surface area (Å²) in [5.74, 6) is -1.86. The van der Waals surface area contributed by atoms with Crippen LogP contribution in [0.4, 0.5) is 10.1 Å². The molecule has 0 bridgehead atoms. The van der Waals surface area contributed by atoms with Gasteiger partial charge in [0.05, 0.1) is 5.02 Å². The van der Waals surface area contributed by atoms with Gasteiger partial charge >= 0.3 is 5.97 Å². The van der Waals surface area contributed by atoms with Crippen LogP contribution in [0.2, 0.25) is 10.0 Å². The molecule has 130 valence electrons. The lowest BCUT2D eigenvalue weighted by molar-refractivity contribution is -0.148. The van der Waals surface area contributed by atoms with E-state index in [1.807, 2.05) is 0 Å². The smallest absolute Gasteiger partial charge is 0.331 e. The van der Waals surface area contributed by atoms with E-state index < -0.39 is 23.8 Å². The second kappa shape index (κ2) is 8.65. The van der Waals surface area contributed by atoms with Crippen LogP contribution < -0.4 is 5.32 Å². The maximum atomic E-state index is 13.6. The van der Waals surface area contributed by atoms with Crippen LogP contribution in [0.1, 0.15) is 12.5 Å². The Balaban J connectivity index is 1.94. The van der Waals surface area contributed by atoms with Gasteiger partial charge in [0.2, 0.25) is 0 Å². The molecular formula is C18H14Cl2FNO3. The number of hydrogen-bond donors (Lipinski definition) is 1. The first kappa shape index (κ1) is 19.0. The molecule has 0 saturated heterocycles. The van der Waals surface area contributed by atoms with Crippen molar-refractivity contribution in [3.63, 3.8) is 0 Å². The van der Waals surface area contributed by atoms with Gasteiger partial charge in [-0.25, -0.2) is 9.18 Å². The van der Waals surface area contributed by atoms with E-state index in [1.165, 1.54) is 31.2 Å². The van der Waals surface area contributed by atoms with Gasteiger partial charge in [-0.1, -0.05) is 29.3 Å². The molecule has 0 aliphatic carbocycles. The third kappa shape index (κ3) is 5.59. The highest BCUT2D eigenvalue weighted by Crippen LogP contribution is 2.20. The minimum atomic E-state index is -1.04. The van der Waals surface area contributed by atoms with Gasteiger partial charge in [-0.3, -0.25) is 4.79 Å². The number of carbonyl (C=O) groups excluding carboxylic acids is 2. The van der Waals surface area contributed by atoms with Crippen molar-refractivity contribution < 1.29 is 18.7 Å². The fourth-order valence-corrected chi connectivity index (χ4v) is 2.22. The Kier molecular flexibility index (Phi) is 6.56. The number of rotatable bonds is 5. The Morgan fingerprint density at radius 1 is 1.16 bits per heavy atom. The van der Waals surface area contributed by atoms with Crippen molar-refractivity contribution in [2.24, 2.45) is 0 Å². The summed E-state index contributed by atoms with van der Waals surface area (Å²) >= 11 is 11.6. The minimum absolute atomic E-state index is 0.0689. The Morgan fingerprint density at radius 2 is 1.84 bits per heavy atom. The number of ether oxygens (including phenoxy) is 1. The van der Waals surface area contributed by atoms with Gasteiger partial charge in [-0.05, 0) is 49.4 Å². The van der Waals surface area contributed by atoms with Gasteiger partial charge in [-0.2, -0.15) is 0 Å². The lowest BCUT2D eigenvalue weighted by Crippen LogP contribution is -2.29. The zero-order valence-electron chi connectivity index (χ0n) is 13.1. The van der Waals surface area contributed by atoms with Crippen molar-refractivity contribution >= 4 is 46.8 Å². The van der Waals surface area contributed by atoms with E-state index in [0.29, 0.717) is 10.7 Å². The number of benzene rings is 2. The first-order chi connectivity index (χ1) is 11.9. The molecule has 2 aromatic carbocycles. The van der Waals surface area contributed by atoms with E-state index in [-0.39, 0.29) is 10.6 Å². The molecule has 2 rings (SSSR count). The van der Waals surface area contributed by atoms with Gasteiger partial charge in [0.15, 0.2) is 6.10 Å². The predicted molar refractivity (Wildman–Crippen MR) is 96.1 cm³/mol. The van der Waals surface area contributed by atoms with Crippen LogP contribution in [0.5, 0.6) is 0 Å². The molecule has 0 aliphatic rings. The molecule has 0 spiro atoms. The molecule has 0 aliphatic heterocycles. The third-order valence-electron chi connectivity index (χ3n) is 3.16. The van der Waals surface area contributed by atoms with Crippen LogP contribution in [0.15, 0.2) is 48.5 Å². The third-order valence-corrected chi connectivity index (χ3v) is 3.74. The SMILES string of the molecule is C[C@@H](OC(=O)/C=C/c1c(F)cccc1Cl)C(=O)Nc1ccc(Cl)cc1. The summed E-state index contributed by atoms with van der Waals surface area (Å²) in [7, 11) is 0. The normalized spacial score (nSPS) is 12.0. The Bertz CT molecular complexity index is 786. The van der Waals surface area contributed by atoms with Crippen molar-refractivity contribution in [1.29, 1.82) is 0 Å². The first-order valence-electron chi connectivity index (χ1n) is 7.26. The summed E-state index contributed by atoms with van der Waals surface area (Å²) in [4.78, 5) is 23.8. The topological polar surface area (TPSA) is 55.4 Å². The summed E-state index contributed by atoms with van der Waals surface area (Å²) in [6.45, 7) is 1.42. The van der Waals surface area contributed by atoms with Crippen LogP contribution in [0.25, 0.3) is 6.08 Å². The van der Waals surface area contributed by atoms with E-state index in [9.17, 15) is 14.0 Å². The average molecular weight is 382 g/mol. The van der Waals surface area contributed by atoms with E-state index >= 15 is 0 Å². The summed E-state index contributed by atoms with van der Waals surface area (Å²) in [5.41, 5.74) is 0.588. The van der Waals surface area contributed by atoms with Crippen LogP contribution in [0, 0.1) is 5.82 Å². The summed E-state index contributed by atoms with van der Waals surface area (Å²) in [6, 6.07) is 10.7. The van der Waals surface area contributed by atoms with Gasteiger partial charge in [0, 0.05) is 22.3 Å². The van der Waals surface area contributed by atoms with Crippen LogP contribution >= 0.6 is 23.2 Å². The number of halogens is 3. The highest BCUT2D eigenvalue weighted by molar-refractivity contribution is 6.32. The van der Waals surface area contributed by atoms with Crippen molar-refractivity contribution in [2.45, 2.75) is 13.0 Å². The molecule has 0 fully saturated rings. The maximum Gasteiger partial charge on any atom is 0.331 e. The largest absolute Gasteiger partial charge is 0.449 e. The first-order valence-corrected chi connectivity index (χ1v) is 8.01. The van der Waals surface area contributed by atoms with Gasteiger partial charge in [0.1, 0.15) is 5.82 Å². The van der Waals surface area contributed by atoms with Crippen molar-refractivity contribution in [1.82, 2.24) is 0 Å². The summed E-state index contributed by atoms with van der Waals surface area (Å²) in [5, 5.41) is 3.29. The molecule has 1 amide bonds. The molecule has 2 aromatic rings. The standard InChI is InChI=1S/C18H14Cl2FNO3/c1-11(18(24)22-13-7-5-12(19)6-8-13)25-17(23)10-9-14-15(20)3-2-4-16(14)21/h2-11H,1H3,(H,22,24)/b10-9+/t11-/m1/s1. The number of amides is 1. The number of esters is 1. The molecule has 25 heavy (non-hydrogen) atoms. The van der Waals surface area contributed by atoms with Gasteiger partial charge < -0.3 is 10.1 Å². The van der Waals surface area contributed by atoms with Crippen molar-refractivity contribution in [2.75, 3.05) is 5.32 Å². The molecule has 0 heterocycles. The number of hydrogen-bond acceptors (Lipinski definition) is 3. The van der Waals surface area contributed by atoms with Gasteiger partial charge in [0.25, 0.3) is 5.91 Å². The molecule has 0 radical (unpaired) electrons. The maximum absolute atomic E-state index is 13.6. The average Bonchev–Trinajstić information content (AvgIpc) is 2.56. The quantitative estimate of drug-likeness (QED) is 0.602. The van der Waals surface area contributed by atoms with Crippen LogP contribution in [-0.4, -0.2) is 18.0 Å². The number of carbonyl (C=O) groups is 2. The molecule has 0 aromatic heterocycles. The molecule has 1 atom stereocenters. The Morgan fingerprint density at radius 3 is 2.48 bits per heavy atom. The molecule has 4 nitrogen and oxygen atoms in total. The Labute approximate surface area is 154 Å². The minimum Gasteiger partial charge on any atom is -0.449 e. The van der Waals surface area contributed by atoms with Gasteiger partial charge in [-0.15, -0.1) is 0 Å². The molecule has 0 saturated carbocycles. The van der Waals surface area contributed by atoms with E-state index in [2.05, 4.69) is 5.32 Å². The lowest BCUT2D eigenvalue weighted by atomic mass is 10.2. The monoisotopic (exact) mass is 381 g/mol. The Hall–Kier alpha value is -2.37. The van der Waals surface area contributed by atoms with E-state index in [0.717, 1.165) is 6.08 Å². The highest BCUT2D eigenvalue weighted by atomic mass is 35.5. The predicted octanol–water partition coefficient (Wildman–Crippen LogP) is 4.72. The fourth-order valence-electron chi connectivity index (χ4n) is 1.87. The molecular weight excluding hydrogens is 368 g/mol. The van der Waals surface area contributed by atoms with E-state index in [4.69, 9.17) is 27.9 Å². The van der Waals surface area contributed by atoms with Crippen molar-refractivity contribution in [3.8, 4) is 0 Å². The second-order valence-corrected chi connectivity index (χ2v) is 5.89. The zero-order chi connectivity index (χ0) is 18.4. The molecule has 0 unspecified atom stereocenters. The zero-order valence-corrected chi connectivity index (χ0v) is 14.6. The van der Waals surface area contributed by atoms with Crippen molar-refractivity contribution in [3.05, 3.63) is 70.0 Å². The molecule has 1 N–H and O–H groups in total. The number of anilines is 1. The highest BCUT2D eigenvalue weighted by Gasteiger charge is 2.17. The second-order valence-electron chi connectivity index (χ2n) is 5.04.